The van der Waals surface area contributed by atoms with Gasteiger partial charge in [0.25, 0.3) is 0 Å². The minimum absolute atomic E-state index is 0.260. The SMILES string of the molecule is O=C(Cn1cc(CCCN2CCNCC2)c2ccccc21)N1CCCC1. The highest BCUT2D eigenvalue weighted by Crippen LogP contribution is 2.23. The van der Waals surface area contributed by atoms with E-state index in [1.807, 2.05) is 4.90 Å². The Bertz CT molecular complexity index is 742. The van der Waals surface area contributed by atoms with Gasteiger partial charge in [-0.25, -0.2) is 0 Å². The van der Waals surface area contributed by atoms with E-state index in [1.165, 1.54) is 22.9 Å². The lowest BCUT2D eigenvalue weighted by Gasteiger charge is -2.26. The smallest absolute Gasteiger partial charge is 0.242 e. The standard InChI is InChI=1S/C21H30N4O/c26-21(24-12-3-4-13-24)17-25-16-18(19-7-1-2-8-20(19)25)6-5-11-23-14-9-22-10-15-23/h1-2,7-8,16,22H,3-6,9-15,17H2. The van der Waals surface area contributed by atoms with Gasteiger partial charge in [-0.15, -0.1) is 0 Å². The monoisotopic (exact) mass is 354 g/mol. The molecule has 2 saturated heterocycles. The van der Waals surface area contributed by atoms with Crippen LogP contribution in [0, 0.1) is 0 Å². The summed E-state index contributed by atoms with van der Waals surface area (Å²) >= 11 is 0. The van der Waals surface area contributed by atoms with Gasteiger partial charge in [-0.1, -0.05) is 18.2 Å². The van der Waals surface area contributed by atoms with E-state index in [0.29, 0.717) is 6.54 Å². The van der Waals surface area contributed by atoms with Crippen LogP contribution in [-0.2, 0) is 17.8 Å². The van der Waals surface area contributed by atoms with Crippen molar-refractivity contribution in [2.75, 3.05) is 45.8 Å². The van der Waals surface area contributed by atoms with E-state index >= 15 is 0 Å². The van der Waals surface area contributed by atoms with Gasteiger partial charge >= 0.3 is 0 Å². The molecule has 140 valence electrons. The first-order chi connectivity index (χ1) is 12.8. The lowest BCUT2D eigenvalue weighted by Crippen LogP contribution is -2.43. The molecule has 0 unspecified atom stereocenters. The van der Waals surface area contributed by atoms with Gasteiger partial charge in [0.15, 0.2) is 0 Å². The molecule has 1 N–H and O–H groups in total. The average molecular weight is 354 g/mol. The molecule has 0 atom stereocenters. The summed E-state index contributed by atoms with van der Waals surface area (Å²) in [5.74, 6) is 0.260. The Balaban J connectivity index is 1.43. The van der Waals surface area contributed by atoms with Crippen molar-refractivity contribution < 1.29 is 4.79 Å². The molecule has 0 saturated carbocycles. The second-order valence-electron chi connectivity index (χ2n) is 7.58. The van der Waals surface area contributed by atoms with Crippen molar-refractivity contribution in [3.8, 4) is 0 Å². The maximum absolute atomic E-state index is 12.6. The number of fused-ring (bicyclic) bond motifs is 1. The van der Waals surface area contributed by atoms with E-state index < -0.39 is 0 Å². The highest BCUT2D eigenvalue weighted by atomic mass is 16.2. The lowest BCUT2D eigenvalue weighted by atomic mass is 10.1. The number of amides is 1. The number of hydrogen-bond acceptors (Lipinski definition) is 3. The van der Waals surface area contributed by atoms with E-state index in [-0.39, 0.29) is 5.91 Å². The number of para-hydroxylation sites is 1. The number of hydrogen-bond donors (Lipinski definition) is 1. The fourth-order valence-electron chi connectivity index (χ4n) is 4.29. The summed E-state index contributed by atoms with van der Waals surface area (Å²) in [5.41, 5.74) is 2.57. The van der Waals surface area contributed by atoms with Gasteiger partial charge < -0.3 is 19.7 Å². The Morgan fingerprint density at radius 1 is 1.04 bits per heavy atom. The van der Waals surface area contributed by atoms with Crippen LogP contribution in [0.1, 0.15) is 24.8 Å². The molecular weight excluding hydrogens is 324 g/mol. The molecular formula is C21H30N4O. The summed E-state index contributed by atoms with van der Waals surface area (Å²) in [6.45, 7) is 8.02. The number of aryl methyl sites for hydroxylation is 1. The zero-order chi connectivity index (χ0) is 17.8. The van der Waals surface area contributed by atoms with Crippen molar-refractivity contribution in [1.29, 1.82) is 0 Å². The van der Waals surface area contributed by atoms with Crippen LogP contribution >= 0.6 is 0 Å². The zero-order valence-electron chi connectivity index (χ0n) is 15.6. The molecule has 26 heavy (non-hydrogen) atoms. The number of aromatic nitrogens is 1. The number of nitrogens with one attached hydrogen (secondary N) is 1. The van der Waals surface area contributed by atoms with Gasteiger partial charge in [-0.3, -0.25) is 4.79 Å². The summed E-state index contributed by atoms with van der Waals surface area (Å²) < 4.78 is 2.16. The minimum Gasteiger partial charge on any atom is -0.341 e. The normalized spacial score (nSPS) is 18.7. The van der Waals surface area contributed by atoms with Crippen LogP contribution in [0.25, 0.3) is 10.9 Å². The van der Waals surface area contributed by atoms with Crippen molar-refractivity contribution in [3.63, 3.8) is 0 Å². The molecule has 2 aliphatic rings. The van der Waals surface area contributed by atoms with E-state index in [1.54, 1.807) is 0 Å². The van der Waals surface area contributed by atoms with Crippen LogP contribution in [0.2, 0.25) is 0 Å². The third-order valence-corrected chi connectivity index (χ3v) is 5.77. The number of benzene rings is 1. The Morgan fingerprint density at radius 2 is 1.81 bits per heavy atom. The van der Waals surface area contributed by atoms with Crippen LogP contribution in [0.5, 0.6) is 0 Å². The quantitative estimate of drug-likeness (QED) is 0.864. The molecule has 0 bridgehead atoms. The molecule has 1 aromatic carbocycles. The number of likely N-dealkylation sites (tertiary alicyclic amines) is 1. The first-order valence-electron chi connectivity index (χ1n) is 10.1. The van der Waals surface area contributed by atoms with Crippen molar-refractivity contribution >= 4 is 16.8 Å². The molecule has 0 aliphatic carbocycles. The lowest BCUT2D eigenvalue weighted by molar-refractivity contribution is -0.130. The van der Waals surface area contributed by atoms with Gasteiger partial charge in [0, 0.05) is 56.4 Å². The van der Waals surface area contributed by atoms with Crippen LogP contribution in [-0.4, -0.2) is 66.1 Å². The molecule has 4 rings (SSSR count). The minimum atomic E-state index is 0.260. The van der Waals surface area contributed by atoms with Crippen molar-refractivity contribution in [1.82, 2.24) is 19.7 Å². The summed E-state index contributed by atoms with van der Waals surface area (Å²) in [7, 11) is 0. The first kappa shape index (κ1) is 17.6. The van der Waals surface area contributed by atoms with Gasteiger partial charge in [-0.05, 0) is 43.9 Å². The van der Waals surface area contributed by atoms with Gasteiger partial charge in [0.1, 0.15) is 6.54 Å². The van der Waals surface area contributed by atoms with Crippen molar-refractivity contribution in [2.24, 2.45) is 0 Å². The van der Waals surface area contributed by atoms with E-state index in [0.717, 1.165) is 65.1 Å². The van der Waals surface area contributed by atoms with E-state index in [4.69, 9.17) is 0 Å². The molecule has 3 heterocycles. The van der Waals surface area contributed by atoms with E-state index in [2.05, 4.69) is 45.2 Å². The Kier molecular flexibility index (Phi) is 5.56. The summed E-state index contributed by atoms with van der Waals surface area (Å²) in [6.07, 6.45) is 6.77. The molecule has 5 nitrogen and oxygen atoms in total. The van der Waals surface area contributed by atoms with Gasteiger partial charge in [0.2, 0.25) is 5.91 Å². The molecule has 1 aromatic heterocycles. The highest BCUT2D eigenvalue weighted by Gasteiger charge is 2.19. The molecule has 0 radical (unpaired) electrons. The number of piperazine rings is 1. The molecule has 5 heteroatoms. The average Bonchev–Trinajstić information content (AvgIpc) is 3.32. The molecule has 2 aromatic rings. The molecule has 2 fully saturated rings. The first-order valence-corrected chi connectivity index (χ1v) is 10.1. The Labute approximate surface area is 155 Å². The Hall–Kier alpha value is -1.85. The van der Waals surface area contributed by atoms with Crippen molar-refractivity contribution in [2.45, 2.75) is 32.2 Å². The molecule has 0 spiro atoms. The second-order valence-corrected chi connectivity index (χ2v) is 7.58. The van der Waals surface area contributed by atoms with Crippen LogP contribution in [0.15, 0.2) is 30.5 Å². The predicted molar refractivity (Wildman–Crippen MR) is 105 cm³/mol. The fourth-order valence-corrected chi connectivity index (χ4v) is 4.29. The maximum Gasteiger partial charge on any atom is 0.242 e. The third kappa shape index (κ3) is 3.94. The number of rotatable bonds is 6. The summed E-state index contributed by atoms with van der Waals surface area (Å²) in [5, 5.41) is 4.72. The fraction of sp³-hybridized carbons (Fsp3) is 0.571. The van der Waals surface area contributed by atoms with Gasteiger partial charge in [0.05, 0.1) is 0 Å². The maximum atomic E-state index is 12.6. The number of carbonyl (C=O) groups is 1. The van der Waals surface area contributed by atoms with E-state index in [9.17, 15) is 4.79 Å². The summed E-state index contributed by atoms with van der Waals surface area (Å²) in [4.78, 5) is 17.1. The molecule has 1 amide bonds. The number of carbonyl (C=O) groups excluding carboxylic acids is 1. The van der Waals surface area contributed by atoms with Gasteiger partial charge in [-0.2, -0.15) is 0 Å². The summed E-state index contributed by atoms with van der Waals surface area (Å²) in [6, 6.07) is 8.52. The van der Waals surface area contributed by atoms with Crippen LogP contribution in [0.3, 0.4) is 0 Å². The number of nitrogens with zero attached hydrogens (tertiary/aromatic N) is 3. The van der Waals surface area contributed by atoms with Crippen LogP contribution in [0.4, 0.5) is 0 Å². The second kappa shape index (κ2) is 8.23. The van der Waals surface area contributed by atoms with Crippen LogP contribution < -0.4 is 5.32 Å². The third-order valence-electron chi connectivity index (χ3n) is 5.77. The predicted octanol–water partition coefficient (Wildman–Crippen LogP) is 2.10. The van der Waals surface area contributed by atoms with Crippen molar-refractivity contribution in [3.05, 3.63) is 36.0 Å². The largest absolute Gasteiger partial charge is 0.341 e. The highest BCUT2D eigenvalue weighted by molar-refractivity contribution is 5.86. The topological polar surface area (TPSA) is 40.5 Å². The Morgan fingerprint density at radius 3 is 2.62 bits per heavy atom. The zero-order valence-corrected chi connectivity index (χ0v) is 15.6. The molecule has 2 aliphatic heterocycles.